The van der Waals surface area contributed by atoms with E-state index in [1.807, 2.05) is 6.92 Å². The van der Waals surface area contributed by atoms with Gasteiger partial charge in [-0.15, -0.1) is 0 Å². The van der Waals surface area contributed by atoms with Crippen molar-refractivity contribution in [3.05, 3.63) is 15.9 Å². The molecule has 3 nitrogen and oxygen atoms in total. The highest BCUT2D eigenvalue weighted by molar-refractivity contribution is 9.10. The lowest BCUT2D eigenvalue weighted by Gasteiger charge is -2.22. The molecule has 0 bridgehead atoms. The number of aryl methyl sites for hydroxylation is 2. The van der Waals surface area contributed by atoms with Crippen LogP contribution in [0.5, 0.6) is 0 Å². The Morgan fingerprint density at radius 1 is 1.28 bits per heavy atom. The van der Waals surface area contributed by atoms with Crippen molar-refractivity contribution in [1.82, 2.24) is 15.1 Å². The molecular weight excluding hydrogens is 290 g/mol. The summed E-state index contributed by atoms with van der Waals surface area (Å²) in [5.74, 6) is 0.753. The number of hydrogen-bond acceptors (Lipinski definition) is 2. The van der Waals surface area contributed by atoms with Crippen molar-refractivity contribution in [2.45, 2.75) is 66.6 Å². The van der Waals surface area contributed by atoms with Crippen molar-refractivity contribution in [1.29, 1.82) is 0 Å². The third-order valence-corrected chi connectivity index (χ3v) is 4.83. The number of nitrogens with one attached hydrogen (secondary N) is 1. The lowest BCUT2D eigenvalue weighted by Crippen LogP contribution is -2.33. The van der Waals surface area contributed by atoms with Crippen LogP contribution in [-0.4, -0.2) is 15.8 Å². The molecule has 1 atom stereocenters. The largest absolute Gasteiger partial charge is 0.308 e. The zero-order valence-corrected chi connectivity index (χ0v) is 13.8. The second-order valence-electron chi connectivity index (χ2n) is 4.91. The van der Waals surface area contributed by atoms with Crippen LogP contribution >= 0.6 is 15.9 Å². The molecular formula is C14H26BrN3. The Morgan fingerprint density at radius 2 is 1.89 bits per heavy atom. The summed E-state index contributed by atoms with van der Waals surface area (Å²) in [6, 6.07) is 0.549. The fraction of sp³-hybridized carbons (Fsp3) is 0.786. The van der Waals surface area contributed by atoms with Crippen molar-refractivity contribution >= 4 is 15.9 Å². The molecule has 0 radical (unpaired) electrons. The molecule has 0 amide bonds. The Morgan fingerprint density at radius 3 is 2.39 bits per heavy atom. The van der Waals surface area contributed by atoms with E-state index in [2.05, 4.69) is 58.7 Å². The first-order valence-electron chi connectivity index (χ1n) is 7.00. The van der Waals surface area contributed by atoms with Gasteiger partial charge in [0.05, 0.1) is 15.9 Å². The first-order chi connectivity index (χ1) is 8.54. The fourth-order valence-electron chi connectivity index (χ4n) is 2.46. The van der Waals surface area contributed by atoms with E-state index in [-0.39, 0.29) is 0 Å². The summed E-state index contributed by atoms with van der Waals surface area (Å²) in [4.78, 5) is 0. The van der Waals surface area contributed by atoms with Gasteiger partial charge in [0.15, 0.2) is 0 Å². The first-order valence-corrected chi connectivity index (χ1v) is 7.79. The number of nitrogens with zero attached hydrogens (tertiary/aromatic N) is 2. The van der Waals surface area contributed by atoms with Crippen LogP contribution in [0.3, 0.4) is 0 Å². The van der Waals surface area contributed by atoms with Crippen molar-refractivity contribution in [2.24, 2.45) is 5.92 Å². The third kappa shape index (κ3) is 3.58. The molecule has 0 saturated heterocycles. The van der Waals surface area contributed by atoms with E-state index >= 15 is 0 Å². The molecule has 1 aromatic heterocycles. The number of hydrogen-bond donors (Lipinski definition) is 1. The zero-order valence-electron chi connectivity index (χ0n) is 12.3. The molecule has 4 heteroatoms. The Bertz CT molecular complexity index is 369. The van der Waals surface area contributed by atoms with E-state index in [9.17, 15) is 0 Å². The summed E-state index contributed by atoms with van der Waals surface area (Å²) < 4.78 is 3.22. The van der Waals surface area contributed by atoms with E-state index in [4.69, 9.17) is 0 Å². The Balaban J connectivity index is 2.68. The molecule has 1 aromatic rings. The summed E-state index contributed by atoms with van der Waals surface area (Å²) in [5.41, 5.74) is 2.33. The SMILES string of the molecule is CCC(CC)C(C)NCc1c(Br)c(C)nn1CC. The molecule has 1 N–H and O–H groups in total. The van der Waals surface area contributed by atoms with Crippen LogP contribution < -0.4 is 5.32 Å². The molecule has 0 aliphatic heterocycles. The van der Waals surface area contributed by atoms with Gasteiger partial charge in [-0.25, -0.2) is 0 Å². The van der Waals surface area contributed by atoms with Gasteiger partial charge in [0.1, 0.15) is 0 Å². The van der Waals surface area contributed by atoms with Gasteiger partial charge >= 0.3 is 0 Å². The van der Waals surface area contributed by atoms with Crippen molar-refractivity contribution in [3.63, 3.8) is 0 Å². The van der Waals surface area contributed by atoms with Gasteiger partial charge in [-0.3, -0.25) is 4.68 Å². The zero-order chi connectivity index (χ0) is 13.7. The second-order valence-corrected chi connectivity index (χ2v) is 5.70. The van der Waals surface area contributed by atoms with Crippen LogP contribution in [0.15, 0.2) is 4.47 Å². The molecule has 0 aromatic carbocycles. The summed E-state index contributed by atoms with van der Waals surface area (Å²) >= 11 is 3.64. The van der Waals surface area contributed by atoms with Crippen LogP contribution in [0.25, 0.3) is 0 Å². The fourth-order valence-corrected chi connectivity index (χ4v) is 2.88. The minimum absolute atomic E-state index is 0.549. The molecule has 1 heterocycles. The van der Waals surface area contributed by atoms with Gasteiger partial charge in [0.25, 0.3) is 0 Å². The van der Waals surface area contributed by atoms with Gasteiger partial charge in [-0.2, -0.15) is 5.10 Å². The highest BCUT2D eigenvalue weighted by Crippen LogP contribution is 2.21. The minimum atomic E-state index is 0.549. The van der Waals surface area contributed by atoms with Gasteiger partial charge in [-0.05, 0) is 42.6 Å². The average Bonchev–Trinajstić information content (AvgIpc) is 2.64. The van der Waals surface area contributed by atoms with E-state index in [0.29, 0.717) is 6.04 Å². The maximum Gasteiger partial charge on any atom is 0.0739 e. The molecule has 0 aliphatic rings. The topological polar surface area (TPSA) is 29.9 Å². The van der Waals surface area contributed by atoms with Gasteiger partial charge < -0.3 is 5.32 Å². The van der Waals surface area contributed by atoms with Crippen LogP contribution in [0.2, 0.25) is 0 Å². The van der Waals surface area contributed by atoms with Crippen LogP contribution in [0, 0.1) is 12.8 Å². The molecule has 0 fully saturated rings. The molecule has 18 heavy (non-hydrogen) atoms. The van der Waals surface area contributed by atoms with Crippen molar-refractivity contribution in [3.8, 4) is 0 Å². The maximum atomic E-state index is 4.52. The summed E-state index contributed by atoms with van der Waals surface area (Å²) in [5, 5.41) is 8.16. The molecule has 0 saturated carbocycles. The lowest BCUT2D eigenvalue weighted by molar-refractivity contribution is 0.349. The van der Waals surface area contributed by atoms with E-state index in [0.717, 1.165) is 29.2 Å². The minimum Gasteiger partial charge on any atom is -0.308 e. The number of rotatable bonds is 7. The smallest absolute Gasteiger partial charge is 0.0739 e. The van der Waals surface area contributed by atoms with E-state index in [1.54, 1.807) is 0 Å². The maximum absolute atomic E-state index is 4.52. The highest BCUT2D eigenvalue weighted by atomic mass is 79.9. The van der Waals surface area contributed by atoms with Crippen LogP contribution in [0.4, 0.5) is 0 Å². The number of aromatic nitrogens is 2. The lowest BCUT2D eigenvalue weighted by atomic mass is 9.95. The highest BCUT2D eigenvalue weighted by Gasteiger charge is 2.16. The van der Waals surface area contributed by atoms with Gasteiger partial charge in [-0.1, -0.05) is 26.7 Å². The molecule has 0 aliphatic carbocycles. The predicted octanol–water partition coefficient (Wildman–Crippen LogP) is 3.89. The third-order valence-electron chi connectivity index (χ3n) is 3.80. The quantitative estimate of drug-likeness (QED) is 0.827. The predicted molar refractivity (Wildman–Crippen MR) is 80.7 cm³/mol. The summed E-state index contributed by atoms with van der Waals surface area (Å²) in [6.45, 7) is 12.8. The second kappa shape index (κ2) is 7.29. The van der Waals surface area contributed by atoms with E-state index in [1.165, 1.54) is 18.5 Å². The Hall–Kier alpha value is -0.350. The van der Waals surface area contributed by atoms with Crippen molar-refractivity contribution < 1.29 is 0 Å². The first kappa shape index (κ1) is 15.7. The monoisotopic (exact) mass is 315 g/mol. The van der Waals surface area contributed by atoms with Crippen molar-refractivity contribution in [2.75, 3.05) is 0 Å². The van der Waals surface area contributed by atoms with Crippen LogP contribution in [0.1, 0.15) is 51.9 Å². The summed E-state index contributed by atoms with van der Waals surface area (Å²) in [6.07, 6.45) is 2.47. The normalized spacial score (nSPS) is 13.3. The standard InChI is InChI=1S/C14H26BrN3/c1-6-12(7-2)10(4)16-9-13-14(15)11(5)17-18(13)8-3/h10,12,16H,6-9H2,1-5H3. The average molecular weight is 316 g/mol. The van der Waals surface area contributed by atoms with Gasteiger partial charge in [0.2, 0.25) is 0 Å². The summed E-state index contributed by atoms with van der Waals surface area (Å²) in [7, 11) is 0. The Labute approximate surface area is 119 Å². The molecule has 0 spiro atoms. The van der Waals surface area contributed by atoms with E-state index < -0.39 is 0 Å². The Kier molecular flexibility index (Phi) is 6.36. The molecule has 1 unspecified atom stereocenters. The van der Waals surface area contributed by atoms with Gasteiger partial charge in [0, 0.05) is 19.1 Å². The molecule has 1 rings (SSSR count). The number of halogens is 1. The molecule has 104 valence electrons. The van der Waals surface area contributed by atoms with Crippen LogP contribution in [-0.2, 0) is 13.1 Å².